The van der Waals surface area contributed by atoms with Crippen LogP contribution in [0.5, 0.6) is 0 Å². The summed E-state index contributed by atoms with van der Waals surface area (Å²) in [6.07, 6.45) is 3.90. The number of carbonyl (C=O) groups is 1. The Balaban J connectivity index is 1.86. The number of amides is 1. The normalized spacial score (nSPS) is 17.5. The highest BCUT2D eigenvalue weighted by atomic mass is 16.5. The predicted molar refractivity (Wildman–Crippen MR) is 88.7 cm³/mol. The number of carbonyl (C=O) groups excluding carboxylic acids is 1. The Morgan fingerprint density at radius 3 is 2.59 bits per heavy atom. The summed E-state index contributed by atoms with van der Waals surface area (Å²) < 4.78 is 5.80. The number of likely N-dealkylation sites (tertiary alicyclic amines) is 1. The highest BCUT2D eigenvalue weighted by Crippen LogP contribution is 2.24. The summed E-state index contributed by atoms with van der Waals surface area (Å²) in [6, 6.07) is 10.1. The summed E-state index contributed by atoms with van der Waals surface area (Å²) in [5.74, 6) is 0.241. The van der Waals surface area contributed by atoms with Crippen molar-refractivity contribution in [3.05, 3.63) is 35.9 Å². The van der Waals surface area contributed by atoms with Gasteiger partial charge >= 0.3 is 0 Å². The molecule has 4 heteroatoms. The monoisotopic (exact) mass is 304 g/mol. The molecule has 1 aliphatic heterocycles. The van der Waals surface area contributed by atoms with Crippen LogP contribution in [0.2, 0.25) is 0 Å². The van der Waals surface area contributed by atoms with Gasteiger partial charge in [-0.05, 0) is 37.8 Å². The molecule has 2 rings (SSSR count). The van der Waals surface area contributed by atoms with Gasteiger partial charge in [-0.15, -0.1) is 0 Å². The second-order valence-electron chi connectivity index (χ2n) is 5.91. The molecule has 1 aromatic rings. The SMILES string of the molecule is CCC(C(=O)N1CCC(OCCCN)CC1)c1ccccc1. The average molecular weight is 304 g/mol. The van der Waals surface area contributed by atoms with Crippen LogP contribution in [0.15, 0.2) is 30.3 Å². The molecule has 0 bridgehead atoms. The molecule has 1 heterocycles. The molecule has 0 spiro atoms. The Hall–Kier alpha value is -1.39. The topological polar surface area (TPSA) is 55.6 Å². The highest BCUT2D eigenvalue weighted by molar-refractivity contribution is 5.83. The molecule has 1 amide bonds. The van der Waals surface area contributed by atoms with E-state index < -0.39 is 0 Å². The zero-order chi connectivity index (χ0) is 15.8. The molecule has 0 saturated carbocycles. The molecule has 22 heavy (non-hydrogen) atoms. The maximum Gasteiger partial charge on any atom is 0.230 e. The van der Waals surface area contributed by atoms with Crippen molar-refractivity contribution >= 4 is 5.91 Å². The summed E-state index contributed by atoms with van der Waals surface area (Å²) >= 11 is 0. The summed E-state index contributed by atoms with van der Waals surface area (Å²) in [7, 11) is 0. The highest BCUT2D eigenvalue weighted by Gasteiger charge is 2.28. The largest absolute Gasteiger partial charge is 0.378 e. The first-order chi connectivity index (χ1) is 10.8. The first-order valence-electron chi connectivity index (χ1n) is 8.41. The van der Waals surface area contributed by atoms with Crippen molar-refractivity contribution in [2.45, 2.75) is 44.6 Å². The molecule has 1 aromatic carbocycles. The van der Waals surface area contributed by atoms with E-state index >= 15 is 0 Å². The Morgan fingerprint density at radius 2 is 2.00 bits per heavy atom. The number of hydrogen-bond acceptors (Lipinski definition) is 3. The van der Waals surface area contributed by atoms with Crippen LogP contribution in [0.3, 0.4) is 0 Å². The van der Waals surface area contributed by atoms with Gasteiger partial charge in [0.25, 0.3) is 0 Å². The van der Waals surface area contributed by atoms with E-state index in [-0.39, 0.29) is 17.9 Å². The number of nitrogens with two attached hydrogens (primary N) is 1. The third kappa shape index (κ3) is 4.55. The predicted octanol–water partition coefficient (Wildman–Crippen LogP) is 2.54. The molecule has 0 radical (unpaired) electrons. The van der Waals surface area contributed by atoms with Crippen LogP contribution in [0.25, 0.3) is 0 Å². The van der Waals surface area contributed by atoms with E-state index in [1.54, 1.807) is 0 Å². The molecule has 1 fully saturated rings. The molecule has 0 aromatic heterocycles. The Kier molecular flexibility index (Phi) is 6.87. The summed E-state index contributed by atoms with van der Waals surface area (Å²) in [5.41, 5.74) is 6.60. The van der Waals surface area contributed by atoms with Gasteiger partial charge in [0.05, 0.1) is 12.0 Å². The van der Waals surface area contributed by atoms with Crippen molar-refractivity contribution in [3.8, 4) is 0 Å². The smallest absolute Gasteiger partial charge is 0.230 e. The van der Waals surface area contributed by atoms with Crippen molar-refractivity contribution < 1.29 is 9.53 Å². The number of hydrogen-bond donors (Lipinski definition) is 1. The second kappa shape index (κ2) is 8.91. The summed E-state index contributed by atoms with van der Waals surface area (Å²) in [5, 5.41) is 0. The van der Waals surface area contributed by atoms with Crippen LogP contribution in [0, 0.1) is 0 Å². The van der Waals surface area contributed by atoms with Crippen LogP contribution in [0.1, 0.15) is 44.1 Å². The molecule has 4 nitrogen and oxygen atoms in total. The lowest BCUT2D eigenvalue weighted by Gasteiger charge is -2.34. The van der Waals surface area contributed by atoms with Crippen LogP contribution >= 0.6 is 0 Å². The van der Waals surface area contributed by atoms with Crippen molar-refractivity contribution in [2.24, 2.45) is 5.73 Å². The van der Waals surface area contributed by atoms with Gasteiger partial charge in [-0.2, -0.15) is 0 Å². The number of rotatable bonds is 7. The zero-order valence-corrected chi connectivity index (χ0v) is 13.5. The molecule has 1 saturated heterocycles. The van der Waals surface area contributed by atoms with Gasteiger partial charge in [-0.3, -0.25) is 4.79 Å². The van der Waals surface area contributed by atoms with E-state index in [2.05, 4.69) is 19.1 Å². The lowest BCUT2D eigenvalue weighted by Crippen LogP contribution is -2.43. The zero-order valence-electron chi connectivity index (χ0n) is 13.5. The van der Waals surface area contributed by atoms with E-state index in [1.807, 2.05) is 23.1 Å². The van der Waals surface area contributed by atoms with E-state index in [9.17, 15) is 4.79 Å². The summed E-state index contributed by atoms with van der Waals surface area (Å²) in [4.78, 5) is 14.8. The van der Waals surface area contributed by atoms with Gasteiger partial charge in [0, 0.05) is 19.7 Å². The minimum atomic E-state index is -0.0177. The van der Waals surface area contributed by atoms with Crippen LogP contribution in [-0.4, -0.2) is 43.2 Å². The van der Waals surface area contributed by atoms with Gasteiger partial charge in [-0.25, -0.2) is 0 Å². The third-order valence-corrected chi connectivity index (χ3v) is 4.36. The first-order valence-corrected chi connectivity index (χ1v) is 8.41. The van der Waals surface area contributed by atoms with E-state index in [4.69, 9.17) is 10.5 Å². The van der Waals surface area contributed by atoms with Crippen molar-refractivity contribution in [1.29, 1.82) is 0 Å². The molecular formula is C18H28N2O2. The number of benzene rings is 1. The summed E-state index contributed by atoms with van der Waals surface area (Å²) in [6.45, 7) is 5.09. The molecule has 1 aliphatic rings. The molecular weight excluding hydrogens is 276 g/mol. The molecule has 1 atom stereocenters. The minimum absolute atomic E-state index is 0.0177. The standard InChI is InChI=1S/C18H28N2O2/c1-2-17(15-7-4-3-5-8-15)18(21)20-12-9-16(10-13-20)22-14-6-11-19/h3-5,7-8,16-17H,2,6,9-14,19H2,1H3. The van der Waals surface area contributed by atoms with Crippen LogP contribution < -0.4 is 5.73 Å². The fourth-order valence-corrected chi connectivity index (χ4v) is 3.03. The van der Waals surface area contributed by atoms with Gasteiger partial charge in [0.15, 0.2) is 0 Å². The van der Waals surface area contributed by atoms with E-state index in [0.717, 1.165) is 50.9 Å². The maximum atomic E-state index is 12.8. The third-order valence-electron chi connectivity index (χ3n) is 4.36. The maximum absolute atomic E-state index is 12.8. The first kappa shape index (κ1) is 17.0. The van der Waals surface area contributed by atoms with Gasteiger partial charge in [0.2, 0.25) is 5.91 Å². The van der Waals surface area contributed by atoms with Crippen LogP contribution in [-0.2, 0) is 9.53 Å². The molecule has 122 valence electrons. The molecule has 0 aliphatic carbocycles. The van der Waals surface area contributed by atoms with Crippen LogP contribution in [0.4, 0.5) is 0 Å². The number of ether oxygens (including phenoxy) is 1. The van der Waals surface area contributed by atoms with Crippen molar-refractivity contribution in [1.82, 2.24) is 4.90 Å². The Bertz CT molecular complexity index is 442. The second-order valence-corrected chi connectivity index (χ2v) is 5.91. The van der Waals surface area contributed by atoms with Gasteiger partial charge < -0.3 is 15.4 Å². The lowest BCUT2D eigenvalue weighted by atomic mass is 9.94. The minimum Gasteiger partial charge on any atom is -0.378 e. The van der Waals surface area contributed by atoms with Gasteiger partial charge in [-0.1, -0.05) is 37.3 Å². The van der Waals surface area contributed by atoms with E-state index in [1.165, 1.54) is 0 Å². The fourth-order valence-electron chi connectivity index (χ4n) is 3.03. The molecule has 1 unspecified atom stereocenters. The lowest BCUT2D eigenvalue weighted by molar-refractivity contribution is -0.135. The Labute approximate surface area is 133 Å². The van der Waals surface area contributed by atoms with Gasteiger partial charge in [0.1, 0.15) is 0 Å². The number of piperidine rings is 1. The molecule has 2 N–H and O–H groups in total. The average Bonchev–Trinajstić information content (AvgIpc) is 2.57. The van der Waals surface area contributed by atoms with Crippen molar-refractivity contribution in [3.63, 3.8) is 0 Å². The van der Waals surface area contributed by atoms with Crippen molar-refractivity contribution in [2.75, 3.05) is 26.2 Å². The van der Waals surface area contributed by atoms with E-state index in [0.29, 0.717) is 6.54 Å². The number of nitrogens with zero attached hydrogens (tertiary/aromatic N) is 1. The fraction of sp³-hybridized carbons (Fsp3) is 0.611. The quantitative estimate of drug-likeness (QED) is 0.788. The Morgan fingerprint density at radius 1 is 1.32 bits per heavy atom.